The summed E-state index contributed by atoms with van der Waals surface area (Å²) in [6.45, 7) is 21.0. The molecular weight excluding hydrogens is 648 g/mol. The van der Waals surface area contributed by atoms with Gasteiger partial charge in [0.15, 0.2) is 0 Å². The number of nitrogens with zero attached hydrogens (tertiary/aromatic N) is 1. The summed E-state index contributed by atoms with van der Waals surface area (Å²) in [4.78, 5) is 83.8. The normalized spacial score (nSPS) is 22.0. The molecule has 0 aromatic heterocycles. The van der Waals surface area contributed by atoms with Crippen LogP contribution in [0.1, 0.15) is 120 Å². The lowest BCUT2D eigenvalue weighted by molar-refractivity contribution is -0.146. The molecule has 1 heterocycles. The average Bonchev–Trinajstić information content (AvgIpc) is 3.75. The number of nitrogens with one attached hydrogen (secondary N) is 5. The van der Waals surface area contributed by atoms with Crippen LogP contribution in [0.5, 0.6) is 0 Å². The fourth-order valence-corrected chi connectivity index (χ4v) is 7.34. The highest BCUT2D eigenvalue weighted by molar-refractivity contribution is 6.38. The number of hydrogen-bond acceptors (Lipinski definition) is 6. The van der Waals surface area contributed by atoms with E-state index in [1.165, 1.54) is 11.0 Å². The van der Waals surface area contributed by atoms with Crippen LogP contribution in [-0.2, 0) is 24.0 Å². The summed E-state index contributed by atoms with van der Waals surface area (Å²) in [7, 11) is 0. The molecule has 6 amide bonds. The van der Waals surface area contributed by atoms with Gasteiger partial charge in [0, 0.05) is 24.5 Å². The topological polar surface area (TPSA) is 166 Å². The molecule has 0 aromatic carbocycles. The Morgan fingerprint density at radius 2 is 1.53 bits per heavy atom. The molecule has 51 heavy (non-hydrogen) atoms. The molecular formula is C39H64N6O6. The second-order valence-electron chi connectivity index (χ2n) is 17.6. The van der Waals surface area contributed by atoms with Crippen molar-refractivity contribution in [2.24, 2.45) is 22.7 Å². The van der Waals surface area contributed by atoms with Gasteiger partial charge in [0.1, 0.15) is 18.1 Å². The van der Waals surface area contributed by atoms with Crippen LogP contribution in [0.15, 0.2) is 24.3 Å². The van der Waals surface area contributed by atoms with Crippen molar-refractivity contribution in [3.05, 3.63) is 24.3 Å². The van der Waals surface area contributed by atoms with Crippen molar-refractivity contribution in [2.45, 2.75) is 150 Å². The highest BCUT2D eigenvalue weighted by atomic mass is 16.2. The van der Waals surface area contributed by atoms with Gasteiger partial charge in [-0.05, 0) is 77.0 Å². The summed E-state index contributed by atoms with van der Waals surface area (Å²) in [6.07, 6.45) is 10.6. The Morgan fingerprint density at radius 3 is 2.06 bits per heavy atom. The van der Waals surface area contributed by atoms with Crippen LogP contribution in [0.2, 0.25) is 0 Å². The van der Waals surface area contributed by atoms with Crippen molar-refractivity contribution in [1.82, 2.24) is 31.5 Å². The molecule has 0 spiro atoms. The zero-order chi connectivity index (χ0) is 38.3. The SMILES string of the molecule is C=CCNC(=O)C(=O)C(CC1CC1)NC(=O)[C@@H]1[C@@H](C=C(C)C)CCN1C(=O)[C@@H](NC(=O)[C@@H](NC(=O)NC(C)(C)C)C1(C)CCCCC1)C(C)(C)C. The third-order valence-corrected chi connectivity index (χ3v) is 10.2. The first kappa shape index (κ1) is 41.7. The monoisotopic (exact) mass is 712 g/mol. The summed E-state index contributed by atoms with van der Waals surface area (Å²) in [5.74, 6) is -2.98. The van der Waals surface area contributed by atoms with Gasteiger partial charge in [0.25, 0.3) is 5.91 Å². The number of rotatable bonds is 14. The van der Waals surface area contributed by atoms with Crippen LogP contribution < -0.4 is 26.6 Å². The van der Waals surface area contributed by atoms with E-state index in [9.17, 15) is 28.8 Å². The summed E-state index contributed by atoms with van der Waals surface area (Å²) in [5, 5.41) is 14.3. The molecule has 5 N–H and O–H groups in total. The molecule has 3 rings (SSSR count). The fraction of sp³-hybridized carbons (Fsp3) is 0.744. The number of amides is 6. The smallest absolute Gasteiger partial charge is 0.315 e. The van der Waals surface area contributed by atoms with E-state index in [0.717, 1.165) is 50.5 Å². The molecule has 12 nitrogen and oxygen atoms in total. The predicted octanol–water partition coefficient (Wildman–Crippen LogP) is 4.29. The van der Waals surface area contributed by atoms with Crippen LogP contribution in [-0.4, -0.2) is 83.1 Å². The highest BCUT2D eigenvalue weighted by Gasteiger charge is 2.48. The Bertz CT molecular complexity index is 1350. The number of allylic oxidation sites excluding steroid dienone is 1. The van der Waals surface area contributed by atoms with Gasteiger partial charge in [-0.25, -0.2) is 4.79 Å². The second-order valence-corrected chi connectivity index (χ2v) is 17.6. The number of hydrogen-bond donors (Lipinski definition) is 5. The molecule has 1 aliphatic heterocycles. The van der Waals surface area contributed by atoms with E-state index >= 15 is 0 Å². The third kappa shape index (κ3) is 11.9. The highest BCUT2D eigenvalue weighted by Crippen LogP contribution is 2.40. The van der Waals surface area contributed by atoms with E-state index in [4.69, 9.17) is 0 Å². The van der Waals surface area contributed by atoms with Crippen LogP contribution in [0, 0.1) is 22.7 Å². The second kappa shape index (κ2) is 17.2. The van der Waals surface area contributed by atoms with Crippen LogP contribution in [0.25, 0.3) is 0 Å². The standard InChI is InChI=1S/C39H64N6O6/c1-11-20-40-33(48)29(46)27(23-25-15-16-25)41-32(47)28-26(22-24(2)3)17-21-45(28)35(50)31(37(4,5)6)42-34(49)30(39(10)18-13-12-14-19-39)43-36(51)44-38(7,8)9/h11,22,25-28,30-31H,1,12-21,23H2,2-10H3,(H,40,48)(H,41,47)(H,42,49)(H2,43,44,51)/t26-,27?,28+,30-,31-/m1/s1. The molecule has 286 valence electrons. The van der Waals surface area contributed by atoms with Crippen molar-refractivity contribution in [3.8, 4) is 0 Å². The van der Waals surface area contributed by atoms with Gasteiger partial charge in [-0.15, -0.1) is 6.58 Å². The Kier molecular flexibility index (Phi) is 14.1. The summed E-state index contributed by atoms with van der Waals surface area (Å²) in [5.41, 5.74) is -0.825. The van der Waals surface area contributed by atoms with Crippen LogP contribution in [0.3, 0.4) is 0 Å². The largest absolute Gasteiger partial charge is 0.346 e. The average molecular weight is 713 g/mol. The maximum atomic E-state index is 14.7. The first-order chi connectivity index (χ1) is 23.7. The van der Waals surface area contributed by atoms with E-state index in [0.29, 0.717) is 12.8 Å². The fourth-order valence-electron chi connectivity index (χ4n) is 7.34. The first-order valence-corrected chi connectivity index (χ1v) is 18.7. The van der Waals surface area contributed by atoms with Crippen LogP contribution >= 0.6 is 0 Å². The van der Waals surface area contributed by atoms with Gasteiger partial charge < -0.3 is 31.5 Å². The maximum Gasteiger partial charge on any atom is 0.315 e. The number of Topliss-reactive ketones (excluding diaryl/α,β-unsaturated/α-hetero) is 1. The zero-order valence-corrected chi connectivity index (χ0v) is 32.5. The first-order valence-electron chi connectivity index (χ1n) is 18.7. The lowest BCUT2D eigenvalue weighted by atomic mass is 9.70. The minimum atomic E-state index is -1.03. The number of carbonyl (C=O) groups is 6. The van der Waals surface area contributed by atoms with Gasteiger partial charge in [-0.1, -0.05) is 77.5 Å². The van der Waals surface area contributed by atoms with Gasteiger partial charge >= 0.3 is 6.03 Å². The van der Waals surface area contributed by atoms with Crippen molar-refractivity contribution in [3.63, 3.8) is 0 Å². The molecule has 3 fully saturated rings. The summed E-state index contributed by atoms with van der Waals surface area (Å²) in [6, 6.07) is -4.36. The maximum absolute atomic E-state index is 14.7. The molecule has 12 heteroatoms. The molecule has 2 saturated carbocycles. The van der Waals surface area contributed by atoms with E-state index in [-0.39, 0.29) is 24.9 Å². The summed E-state index contributed by atoms with van der Waals surface area (Å²) >= 11 is 0. The molecule has 2 aliphatic carbocycles. The Hall–Kier alpha value is -3.70. The summed E-state index contributed by atoms with van der Waals surface area (Å²) < 4.78 is 0. The lowest BCUT2D eigenvalue weighted by Crippen LogP contribution is -2.64. The molecule has 1 saturated heterocycles. The minimum absolute atomic E-state index is 0.124. The van der Waals surface area contributed by atoms with Crippen LogP contribution in [0.4, 0.5) is 4.79 Å². The van der Waals surface area contributed by atoms with Crippen molar-refractivity contribution in [1.29, 1.82) is 0 Å². The van der Waals surface area contributed by atoms with Gasteiger partial charge in [0.05, 0.1) is 6.04 Å². The predicted molar refractivity (Wildman–Crippen MR) is 198 cm³/mol. The number of carbonyl (C=O) groups excluding carboxylic acids is 6. The molecule has 0 bridgehead atoms. The molecule has 0 radical (unpaired) electrons. The molecule has 0 aromatic rings. The minimum Gasteiger partial charge on any atom is -0.346 e. The van der Waals surface area contributed by atoms with E-state index < -0.39 is 76.0 Å². The number of ketones is 1. The Morgan fingerprint density at radius 1 is 0.902 bits per heavy atom. The van der Waals surface area contributed by atoms with Gasteiger partial charge in [-0.2, -0.15) is 0 Å². The molecule has 3 aliphatic rings. The Labute approximate surface area is 305 Å². The van der Waals surface area contributed by atoms with E-state index in [2.05, 4.69) is 33.2 Å². The van der Waals surface area contributed by atoms with Crippen molar-refractivity contribution >= 4 is 35.4 Å². The molecule has 5 atom stereocenters. The van der Waals surface area contributed by atoms with Crippen molar-refractivity contribution < 1.29 is 28.8 Å². The zero-order valence-electron chi connectivity index (χ0n) is 32.5. The Balaban J connectivity index is 1.93. The lowest BCUT2D eigenvalue weighted by Gasteiger charge is -2.42. The van der Waals surface area contributed by atoms with E-state index in [1.807, 2.05) is 68.4 Å². The van der Waals surface area contributed by atoms with Gasteiger partial charge in [-0.3, -0.25) is 24.0 Å². The number of urea groups is 1. The van der Waals surface area contributed by atoms with E-state index in [1.54, 1.807) is 0 Å². The third-order valence-electron chi connectivity index (χ3n) is 10.2. The number of likely N-dealkylation sites (tertiary alicyclic amines) is 1. The van der Waals surface area contributed by atoms with Crippen molar-refractivity contribution in [2.75, 3.05) is 13.1 Å². The molecule has 1 unspecified atom stereocenters. The quantitative estimate of drug-likeness (QED) is 0.133. The van der Waals surface area contributed by atoms with Gasteiger partial charge in [0.2, 0.25) is 23.5 Å².